The second-order valence-electron chi connectivity index (χ2n) is 5.87. The first kappa shape index (κ1) is 18.6. The van der Waals surface area contributed by atoms with E-state index in [1.54, 1.807) is 31.4 Å². The van der Waals surface area contributed by atoms with Gasteiger partial charge in [0.15, 0.2) is 6.10 Å². The third-order valence-electron chi connectivity index (χ3n) is 3.95. The molecule has 0 amide bonds. The molecule has 0 radical (unpaired) electrons. The molecule has 0 bridgehead atoms. The van der Waals surface area contributed by atoms with Gasteiger partial charge in [0.05, 0.1) is 25.5 Å². The molecule has 2 aromatic rings. The minimum atomic E-state index is -0.627. The predicted octanol–water partition coefficient (Wildman–Crippen LogP) is 4.02. The zero-order valence-corrected chi connectivity index (χ0v) is 15.2. The molecule has 1 atom stereocenters. The van der Waals surface area contributed by atoms with Crippen molar-refractivity contribution in [3.63, 3.8) is 0 Å². The third kappa shape index (κ3) is 4.44. The third-order valence-corrected chi connectivity index (χ3v) is 3.95. The molecule has 0 aliphatic carbocycles. The number of ketones is 1. The highest BCUT2D eigenvalue weighted by Gasteiger charge is 2.25. The number of Topliss-reactive ketones (excluding diaryl/α,β-unsaturated/α-hetero) is 1. The van der Waals surface area contributed by atoms with E-state index in [1.807, 2.05) is 26.0 Å². The molecule has 5 nitrogen and oxygen atoms in total. The smallest absolute Gasteiger partial charge is 0.207 e. The fourth-order valence-corrected chi connectivity index (χ4v) is 2.61. The monoisotopic (exact) mass is 343 g/mol. The molecule has 1 unspecified atom stereocenters. The van der Waals surface area contributed by atoms with E-state index in [2.05, 4.69) is 0 Å². The van der Waals surface area contributed by atoms with Crippen LogP contribution in [0.3, 0.4) is 0 Å². The Morgan fingerprint density at radius 1 is 1.08 bits per heavy atom. The van der Waals surface area contributed by atoms with Crippen molar-refractivity contribution in [3.05, 3.63) is 47.5 Å². The van der Waals surface area contributed by atoms with Gasteiger partial charge in [-0.15, -0.1) is 0 Å². The average molecular weight is 343 g/mol. The van der Waals surface area contributed by atoms with Gasteiger partial charge in [0.25, 0.3) is 0 Å². The SMILES string of the molecule is CCCC(Oc1ccc(C)cc1N)C(=O)c1ccc(OC)cc1OC. The number of hydrogen-bond donors (Lipinski definition) is 1. The summed E-state index contributed by atoms with van der Waals surface area (Å²) in [5.41, 5.74) is 8.05. The highest BCUT2D eigenvalue weighted by atomic mass is 16.5. The van der Waals surface area contributed by atoms with Crippen LogP contribution in [0.15, 0.2) is 36.4 Å². The molecule has 2 aromatic carbocycles. The Morgan fingerprint density at radius 3 is 2.44 bits per heavy atom. The first-order valence-electron chi connectivity index (χ1n) is 8.29. The van der Waals surface area contributed by atoms with Crippen molar-refractivity contribution in [1.82, 2.24) is 0 Å². The van der Waals surface area contributed by atoms with Crippen LogP contribution in [-0.4, -0.2) is 26.1 Å². The maximum Gasteiger partial charge on any atom is 0.207 e. The van der Waals surface area contributed by atoms with Crippen molar-refractivity contribution >= 4 is 11.5 Å². The van der Waals surface area contributed by atoms with Crippen LogP contribution >= 0.6 is 0 Å². The van der Waals surface area contributed by atoms with Crippen molar-refractivity contribution < 1.29 is 19.0 Å². The van der Waals surface area contributed by atoms with Gasteiger partial charge in [-0.1, -0.05) is 19.4 Å². The number of methoxy groups -OCH3 is 2. The topological polar surface area (TPSA) is 70.8 Å². The number of carbonyl (C=O) groups is 1. The lowest BCUT2D eigenvalue weighted by atomic mass is 10.0. The Labute approximate surface area is 148 Å². The molecule has 2 rings (SSSR count). The molecule has 0 heterocycles. The van der Waals surface area contributed by atoms with E-state index in [-0.39, 0.29) is 5.78 Å². The van der Waals surface area contributed by atoms with E-state index in [0.717, 1.165) is 12.0 Å². The summed E-state index contributed by atoms with van der Waals surface area (Å²) in [7, 11) is 3.10. The van der Waals surface area contributed by atoms with Crippen LogP contribution in [0.1, 0.15) is 35.7 Å². The minimum absolute atomic E-state index is 0.138. The summed E-state index contributed by atoms with van der Waals surface area (Å²) in [5.74, 6) is 1.47. The van der Waals surface area contributed by atoms with Gasteiger partial charge in [-0.2, -0.15) is 0 Å². The van der Waals surface area contributed by atoms with Gasteiger partial charge < -0.3 is 19.9 Å². The molecular formula is C20H25NO4. The number of ether oxygens (including phenoxy) is 3. The van der Waals surface area contributed by atoms with Gasteiger partial charge >= 0.3 is 0 Å². The highest BCUT2D eigenvalue weighted by Crippen LogP contribution is 2.29. The molecule has 0 saturated heterocycles. The summed E-state index contributed by atoms with van der Waals surface area (Å²) in [5, 5.41) is 0. The van der Waals surface area contributed by atoms with Gasteiger partial charge in [0.1, 0.15) is 17.2 Å². The van der Waals surface area contributed by atoms with Gasteiger partial charge in [0.2, 0.25) is 5.78 Å². The van der Waals surface area contributed by atoms with Crippen LogP contribution in [0.25, 0.3) is 0 Å². The second-order valence-corrected chi connectivity index (χ2v) is 5.87. The fourth-order valence-electron chi connectivity index (χ4n) is 2.61. The van der Waals surface area contributed by atoms with E-state index in [9.17, 15) is 4.79 Å². The Kier molecular flexibility index (Phi) is 6.28. The highest BCUT2D eigenvalue weighted by molar-refractivity contribution is 6.02. The molecule has 0 saturated carbocycles. The zero-order valence-electron chi connectivity index (χ0n) is 15.2. The number of benzene rings is 2. The normalized spacial score (nSPS) is 11.7. The van der Waals surface area contributed by atoms with Crippen molar-refractivity contribution in [3.8, 4) is 17.2 Å². The fraction of sp³-hybridized carbons (Fsp3) is 0.350. The molecule has 0 aliphatic heterocycles. The molecular weight excluding hydrogens is 318 g/mol. The number of carbonyl (C=O) groups excluding carboxylic acids is 1. The summed E-state index contributed by atoms with van der Waals surface area (Å²) in [6.07, 6.45) is 0.763. The Bertz CT molecular complexity index is 742. The Morgan fingerprint density at radius 2 is 1.84 bits per heavy atom. The van der Waals surface area contributed by atoms with Gasteiger partial charge in [-0.25, -0.2) is 0 Å². The Balaban J connectivity index is 2.31. The lowest BCUT2D eigenvalue weighted by Gasteiger charge is -2.20. The van der Waals surface area contributed by atoms with E-state index in [4.69, 9.17) is 19.9 Å². The predicted molar refractivity (Wildman–Crippen MR) is 98.8 cm³/mol. The molecule has 5 heteroatoms. The van der Waals surface area contributed by atoms with Crippen molar-refractivity contribution in [2.75, 3.05) is 20.0 Å². The van der Waals surface area contributed by atoms with Crippen molar-refractivity contribution in [2.24, 2.45) is 0 Å². The number of nitrogen functional groups attached to an aromatic ring is 1. The molecule has 25 heavy (non-hydrogen) atoms. The van der Waals surface area contributed by atoms with Crippen LogP contribution in [0, 0.1) is 6.92 Å². The molecule has 0 spiro atoms. The lowest BCUT2D eigenvalue weighted by Crippen LogP contribution is -2.28. The van der Waals surface area contributed by atoms with Crippen LogP contribution < -0.4 is 19.9 Å². The van der Waals surface area contributed by atoms with Crippen LogP contribution in [0.2, 0.25) is 0 Å². The van der Waals surface area contributed by atoms with E-state index in [0.29, 0.717) is 34.9 Å². The maximum atomic E-state index is 13.0. The summed E-state index contributed by atoms with van der Waals surface area (Å²) in [6.45, 7) is 3.96. The zero-order chi connectivity index (χ0) is 18.4. The first-order valence-corrected chi connectivity index (χ1v) is 8.29. The average Bonchev–Trinajstić information content (AvgIpc) is 2.62. The molecule has 0 aliphatic rings. The Hall–Kier alpha value is -2.69. The molecule has 0 fully saturated rings. The summed E-state index contributed by atoms with van der Waals surface area (Å²) >= 11 is 0. The summed E-state index contributed by atoms with van der Waals surface area (Å²) in [4.78, 5) is 13.0. The van der Waals surface area contributed by atoms with Crippen molar-refractivity contribution in [1.29, 1.82) is 0 Å². The van der Waals surface area contributed by atoms with E-state index < -0.39 is 6.10 Å². The van der Waals surface area contributed by atoms with Crippen molar-refractivity contribution in [2.45, 2.75) is 32.8 Å². The number of nitrogens with two attached hydrogens (primary N) is 1. The minimum Gasteiger partial charge on any atom is -0.497 e. The second kappa shape index (κ2) is 8.42. The molecule has 0 aromatic heterocycles. The van der Waals surface area contributed by atoms with E-state index >= 15 is 0 Å². The number of aryl methyl sites for hydroxylation is 1. The molecule has 2 N–H and O–H groups in total. The maximum absolute atomic E-state index is 13.0. The number of rotatable bonds is 8. The summed E-state index contributed by atoms with van der Waals surface area (Å²) < 4.78 is 16.5. The standard InChI is InChI=1S/C20H25NO4/c1-5-6-18(25-17-10-7-13(2)11-16(17)21)20(22)15-9-8-14(23-3)12-19(15)24-4/h7-12,18H,5-6,21H2,1-4H3. The number of anilines is 1. The van der Waals surface area contributed by atoms with Crippen LogP contribution in [0.5, 0.6) is 17.2 Å². The lowest BCUT2D eigenvalue weighted by molar-refractivity contribution is 0.0775. The van der Waals surface area contributed by atoms with Crippen LogP contribution in [-0.2, 0) is 0 Å². The first-order chi connectivity index (χ1) is 12.0. The van der Waals surface area contributed by atoms with Gasteiger partial charge in [0, 0.05) is 6.07 Å². The molecule has 134 valence electrons. The summed E-state index contributed by atoms with van der Waals surface area (Å²) in [6, 6.07) is 10.7. The number of hydrogen-bond acceptors (Lipinski definition) is 5. The van der Waals surface area contributed by atoms with Gasteiger partial charge in [-0.05, 0) is 43.2 Å². The van der Waals surface area contributed by atoms with Crippen LogP contribution in [0.4, 0.5) is 5.69 Å². The largest absolute Gasteiger partial charge is 0.497 e. The quantitative estimate of drug-likeness (QED) is 0.579. The van der Waals surface area contributed by atoms with Gasteiger partial charge in [-0.3, -0.25) is 4.79 Å². The van der Waals surface area contributed by atoms with E-state index in [1.165, 1.54) is 7.11 Å².